The molecule has 28 heavy (non-hydrogen) atoms. The Hall–Kier alpha value is -2.64. The SMILES string of the molecule is CC(C)COc1ccc2ccccc2c1CN1CCNC(=O)C1CC(=O)NN. The van der Waals surface area contributed by atoms with Crippen LogP contribution in [0.25, 0.3) is 10.8 Å². The number of nitrogens with zero attached hydrogens (tertiary/aromatic N) is 1. The first kappa shape index (κ1) is 20.1. The molecule has 150 valence electrons. The van der Waals surface area contributed by atoms with Gasteiger partial charge in [-0.05, 0) is 22.8 Å². The molecule has 0 spiro atoms. The zero-order valence-electron chi connectivity index (χ0n) is 16.4. The standard InChI is InChI=1S/C21H28N4O3/c1-14(2)13-28-19-8-7-15-5-3-4-6-16(15)17(19)12-25-10-9-23-21(27)18(25)11-20(26)24-22/h3-8,14,18H,9-13,22H2,1-2H3,(H,23,27)(H,24,26). The van der Waals surface area contributed by atoms with Crippen LogP contribution in [0.3, 0.4) is 0 Å². The Balaban J connectivity index is 1.94. The fourth-order valence-electron chi connectivity index (χ4n) is 3.48. The Labute approximate surface area is 165 Å². The second-order valence-corrected chi connectivity index (χ2v) is 7.52. The fourth-order valence-corrected chi connectivity index (χ4v) is 3.48. The zero-order valence-corrected chi connectivity index (χ0v) is 16.4. The van der Waals surface area contributed by atoms with E-state index in [-0.39, 0.29) is 18.2 Å². The molecule has 2 aromatic carbocycles. The number of hydrogen-bond acceptors (Lipinski definition) is 5. The van der Waals surface area contributed by atoms with Crippen LogP contribution in [0, 0.1) is 5.92 Å². The largest absolute Gasteiger partial charge is 0.493 e. The summed E-state index contributed by atoms with van der Waals surface area (Å²) >= 11 is 0. The van der Waals surface area contributed by atoms with Gasteiger partial charge in [0.2, 0.25) is 11.8 Å². The second-order valence-electron chi connectivity index (χ2n) is 7.52. The van der Waals surface area contributed by atoms with Gasteiger partial charge in [-0.2, -0.15) is 0 Å². The van der Waals surface area contributed by atoms with Gasteiger partial charge in [0.15, 0.2) is 0 Å². The maximum absolute atomic E-state index is 12.4. The van der Waals surface area contributed by atoms with Crippen molar-refractivity contribution in [2.75, 3.05) is 19.7 Å². The van der Waals surface area contributed by atoms with Crippen LogP contribution in [0.5, 0.6) is 5.75 Å². The third-order valence-corrected chi connectivity index (χ3v) is 4.91. The van der Waals surface area contributed by atoms with Crippen molar-refractivity contribution < 1.29 is 14.3 Å². The van der Waals surface area contributed by atoms with E-state index < -0.39 is 6.04 Å². The molecule has 0 aliphatic carbocycles. The lowest BCUT2D eigenvalue weighted by Crippen LogP contribution is -2.56. The van der Waals surface area contributed by atoms with Crippen LogP contribution in [-0.4, -0.2) is 42.5 Å². The third-order valence-electron chi connectivity index (χ3n) is 4.91. The van der Waals surface area contributed by atoms with Gasteiger partial charge < -0.3 is 10.1 Å². The van der Waals surface area contributed by atoms with E-state index in [1.807, 2.05) is 23.1 Å². The highest BCUT2D eigenvalue weighted by Gasteiger charge is 2.32. The number of hydrogen-bond donors (Lipinski definition) is 3. The number of nitrogens with one attached hydrogen (secondary N) is 2. The van der Waals surface area contributed by atoms with Gasteiger partial charge in [0.1, 0.15) is 5.75 Å². The molecular weight excluding hydrogens is 356 g/mol. The molecule has 1 fully saturated rings. The van der Waals surface area contributed by atoms with Crippen molar-refractivity contribution in [3.05, 3.63) is 42.0 Å². The summed E-state index contributed by atoms with van der Waals surface area (Å²) in [5.41, 5.74) is 3.15. The number of rotatable bonds is 7. The zero-order chi connectivity index (χ0) is 20.1. The van der Waals surface area contributed by atoms with Gasteiger partial charge in [-0.25, -0.2) is 5.84 Å². The molecule has 1 unspecified atom stereocenters. The fraction of sp³-hybridized carbons (Fsp3) is 0.429. The van der Waals surface area contributed by atoms with Crippen LogP contribution < -0.4 is 21.3 Å². The van der Waals surface area contributed by atoms with Gasteiger partial charge in [-0.1, -0.05) is 44.2 Å². The molecule has 4 N–H and O–H groups in total. The molecule has 0 saturated carbocycles. The molecule has 0 bridgehead atoms. The average Bonchev–Trinajstić information content (AvgIpc) is 2.69. The maximum Gasteiger partial charge on any atom is 0.237 e. The maximum atomic E-state index is 12.4. The summed E-state index contributed by atoms with van der Waals surface area (Å²) in [5, 5.41) is 5.05. The number of nitrogens with two attached hydrogens (primary N) is 1. The van der Waals surface area contributed by atoms with Crippen LogP contribution in [0.4, 0.5) is 0 Å². The lowest BCUT2D eigenvalue weighted by atomic mass is 10.0. The van der Waals surface area contributed by atoms with Crippen molar-refractivity contribution in [3.8, 4) is 5.75 Å². The summed E-state index contributed by atoms with van der Waals surface area (Å²) in [7, 11) is 0. The van der Waals surface area contributed by atoms with E-state index in [0.29, 0.717) is 32.2 Å². The lowest BCUT2D eigenvalue weighted by molar-refractivity contribution is -0.134. The molecule has 1 heterocycles. The number of piperazine rings is 1. The normalized spacial score (nSPS) is 17.6. The third kappa shape index (κ3) is 4.61. The predicted octanol–water partition coefficient (Wildman–Crippen LogP) is 1.56. The number of fused-ring (bicyclic) bond motifs is 1. The van der Waals surface area contributed by atoms with Gasteiger partial charge in [0.25, 0.3) is 0 Å². The number of benzene rings is 2. The number of carbonyl (C=O) groups is 2. The summed E-state index contributed by atoms with van der Waals surface area (Å²) < 4.78 is 6.09. The lowest BCUT2D eigenvalue weighted by Gasteiger charge is -2.35. The van der Waals surface area contributed by atoms with Crippen LogP contribution in [0.15, 0.2) is 36.4 Å². The summed E-state index contributed by atoms with van der Waals surface area (Å²) in [5.74, 6) is 5.94. The van der Waals surface area contributed by atoms with Gasteiger partial charge in [0, 0.05) is 25.2 Å². The molecule has 7 nitrogen and oxygen atoms in total. The highest BCUT2D eigenvalue weighted by molar-refractivity contribution is 5.89. The Morgan fingerprint density at radius 2 is 2.11 bits per heavy atom. The van der Waals surface area contributed by atoms with Crippen LogP contribution >= 0.6 is 0 Å². The molecule has 7 heteroatoms. The van der Waals surface area contributed by atoms with E-state index in [9.17, 15) is 9.59 Å². The topological polar surface area (TPSA) is 96.7 Å². The molecule has 0 aromatic heterocycles. The molecule has 1 saturated heterocycles. The van der Waals surface area contributed by atoms with E-state index in [0.717, 1.165) is 22.1 Å². The molecule has 2 amide bonds. The first-order valence-corrected chi connectivity index (χ1v) is 9.64. The van der Waals surface area contributed by atoms with E-state index in [4.69, 9.17) is 10.6 Å². The summed E-state index contributed by atoms with van der Waals surface area (Å²) in [6, 6.07) is 11.6. The molecule has 1 aliphatic rings. The smallest absolute Gasteiger partial charge is 0.237 e. The Kier molecular flexibility index (Phi) is 6.49. The predicted molar refractivity (Wildman–Crippen MR) is 108 cm³/mol. The molecule has 3 rings (SSSR count). The van der Waals surface area contributed by atoms with Crippen molar-refractivity contribution in [2.45, 2.75) is 32.9 Å². The Morgan fingerprint density at radius 1 is 1.32 bits per heavy atom. The van der Waals surface area contributed by atoms with E-state index in [1.165, 1.54) is 0 Å². The summed E-state index contributed by atoms with van der Waals surface area (Å²) in [6.45, 7) is 6.55. The first-order valence-electron chi connectivity index (χ1n) is 9.64. The van der Waals surface area contributed by atoms with Gasteiger partial charge in [-0.15, -0.1) is 0 Å². The number of hydrazine groups is 1. The summed E-state index contributed by atoms with van der Waals surface area (Å²) in [4.78, 5) is 26.2. The van der Waals surface area contributed by atoms with Gasteiger partial charge in [-0.3, -0.25) is 19.9 Å². The highest BCUT2D eigenvalue weighted by atomic mass is 16.5. The molecule has 1 atom stereocenters. The monoisotopic (exact) mass is 384 g/mol. The second kappa shape index (κ2) is 9.03. The molecule has 1 aliphatic heterocycles. The molecule has 2 aromatic rings. The highest BCUT2D eigenvalue weighted by Crippen LogP contribution is 2.31. The molecule has 0 radical (unpaired) electrons. The molecular formula is C21H28N4O3. The Bertz CT molecular complexity index is 853. The van der Waals surface area contributed by atoms with Crippen LogP contribution in [0.2, 0.25) is 0 Å². The van der Waals surface area contributed by atoms with Gasteiger partial charge in [0.05, 0.1) is 19.1 Å². The number of amides is 2. The van der Waals surface area contributed by atoms with Crippen molar-refractivity contribution in [3.63, 3.8) is 0 Å². The van der Waals surface area contributed by atoms with E-state index in [1.54, 1.807) is 0 Å². The number of carbonyl (C=O) groups excluding carboxylic acids is 2. The first-order chi connectivity index (χ1) is 13.5. The van der Waals surface area contributed by atoms with E-state index in [2.05, 4.69) is 42.8 Å². The minimum Gasteiger partial charge on any atom is -0.493 e. The van der Waals surface area contributed by atoms with Gasteiger partial charge >= 0.3 is 0 Å². The van der Waals surface area contributed by atoms with Crippen molar-refractivity contribution >= 4 is 22.6 Å². The minimum atomic E-state index is -0.561. The van der Waals surface area contributed by atoms with Crippen molar-refractivity contribution in [2.24, 2.45) is 11.8 Å². The van der Waals surface area contributed by atoms with Crippen molar-refractivity contribution in [1.82, 2.24) is 15.6 Å². The van der Waals surface area contributed by atoms with E-state index >= 15 is 0 Å². The summed E-state index contributed by atoms with van der Waals surface area (Å²) in [6.07, 6.45) is 0.0231. The minimum absolute atomic E-state index is 0.0231. The van der Waals surface area contributed by atoms with Crippen LogP contribution in [0.1, 0.15) is 25.8 Å². The number of ether oxygens (including phenoxy) is 1. The quantitative estimate of drug-likeness (QED) is 0.382. The van der Waals surface area contributed by atoms with Crippen LogP contribution in [-0.2, 0) is 16.1 Å². The van der Waals surface area contributed by atoms with Crippen molar-refractivity contribution in [1.29, 1.82) is 0 Å². The average molecular weight is 384 g/mol. The Morgan fingerprint density at radius 3 is 2.86 bits per heavy atom.